The molecule has 0 spiro atoms. The van der Waals surface area contributed by atoms with Crippen LogP contribution in [-0.2, 0) is 9.47 Å². The van der Waals surface area contributed by atoms with Gasteiger partial charge in [-0.25, -0.2) is 4.79 Å². The topological polar surface area (TPSA) is 59.0 Å². The lowest BCUT2D eigenvalue weighted by molar-refractivity contribution is -0.0442. The Morgan fingerprint density at radius 1 is 1.44 bits per heavy atom. The second-order valence-electron chi connectivity index (χ2n) is 4.76. The number of rotatable bonds is 1. The Hall–Kier alpha value is -0.810. The average Bonchev–Trinajstić information content (AvgIpc) is 2.59. The van der Waals surface area contributed by atoms with Gasteiger partial charge in [-0.1, -0.05) is 0 Å². The van der Waals surface area contributed by atoms with Crippen LogP contribution in [0.4, 0.5) is 4.79 Å². The van der Waals surface area contributed by atoms with Gasteiger partial charge in [0.1, 0.15) is 6.10 Å². The van der Waals surface area contributed by atoms with E-state index in [9.17, 15) is 9.90 Å². The van der Waals surface area contributed by atoms with E-state index < -0.39 is 6.10 Å². The first-order valence-electron chi connectivity index (χ1n) is 6.01. The Labute approximate surface area is 94.3 Å². The number of amides is 1. The zero-order chi connectivity index (χ0) is 11.3. The number of carbonyl (C=O) groups excluding carboxylic acids is 1. The van der Waals surface area contributed by atoms with Crippen molar-refractivity contribution in [1.82, 2.24) is 4.90 Å². The second-order valence-corrected chi connectivity index (χ2v) is 4.76. The molecule has 3 aliphatic heterocycles. The molecule has 1 N–H and O–H groups in total. The van der Waals surface area contributed by atoms with Crippen LogP contribution in [0.2, 0.25) is 0 Å². The van der Waals surface area contributed by atoms with E-state index in [-0.39, 0.29) is 30.4 Å². The van der Waals surface area contributed by atoms with Crippen molar-refractivity contribution in [2.24, 2.45) is 0 Å². The summed E-state index contributed by atoms with van der Waals surface area (Å²) in [6.45, 7) is 2.17. The number of carbonyl (C=O) groups is 1. The molecule has 1 unspecified atom stereocenters. The molecule has 0 aromatic heterocycles. The van der Waals surface area contributed by atoms with Crippen LogP contribution >= 0.6 is 0 Å². The largest absolute Gasteiger partial charge is 0.450 e. The van der Waals surface area contributed by atoms with Gasteiger partial charge in [-0.15, -0.1) is 0 Å². The summed E-state index contributed by atoms with van der Waals surface area (Å²) < 4.78 is 10.8. The van der Waals surface area contributed by atoms with E-state index in [0.29, 0.717) is 6.61 Å². The minimum absolute atomic E-state index is 0.0758. The number of hydrogen-bond donors (Lipinski definition) is 1. The fourth-order valence-corrected chi connectivity index (χ4v) is 3.31. The summed E-state index contributed by atoms with van der Waals surface area (Å²) in [4.78, 5) is 13.6. The molecular weight excluding hydrogens is 210 g/mol. The third-order valence-corrected chi connectivity index (χ3v) is 3.97. The monoisotopic (exact) mass is 227 g/mol. The van der Waals surface area contributed by atoms with Gasteiger partial charge in [-0.3, -0.25) is 4.90 Å². The van der Waals surface area contributed by atoms with Crippen molar-refractivity contribution in [3.8, 4) is 0 Å². The minimum Gasteiger partial charge on any atom is -0.450 e. The van der Waals surface area contributed by atoms with Gasteiger partial charge >= 0.3 is 6.09 Å². The van der Waals surface area contributed by atoms with Gasteiger partial charge in [0.25, 0.3) is 0 Å². The molecule has 5 heteroatoms. The zero-order valence-corrected chi connectivity index (χ0v) is 9.33. The number of nitrogens with zero attached hydrogens (tertiary/aromatic N) is 1. The summed E-state index contributed by atoms with van der Waals surface area (Å²) in [6.07, 6.45) is 1.69. The molecule has 3 rings (SSSR count). The van der Waals surface area contributed by atoms with E-state index in [1.54, 1.807) is 11.8 Å². The highest BCUT2D eigenvalue weighted by Crippen LogP contribution is 2.43. The summed E-state index contributed by atoms with van der Waals surface area (Å²) in [7, 11) is 0. The van der Waals surface area contributed by atoms with E-state index >= 15 is 0 Å². The molecule has 0 saturated carbocycles. The maximum Gasteiger partial charge on any atom is 0.410 e. The van der Waals surface area contributed by atoms with E-state index in [2.05, 4.69) is 0 Å². The number of aliphatic hydroxyl groups excluding tert-OH is 1. The fraction of sp³-hybridized carbons (Fsp3) is 0.909. The molecule has 1 amide bonds. The molecule has 0 aliphatic carbocycles. The van der Waals surface area contributed by atoms with Crippen LogP contribution in [0.3, 0.4) is 0 Å². The van der Waals surface area contributed by atoms with Crippen molar-refractivity contribution in [2.75, 3.05) is 6.61 Å². The second kappa shape index (κ2) is 3.60. The summed E-state index contributed by atoms with van der Waals surface area (Å²) >= 11 is 0. The van der Waals surface area contributed by atoms with Crippen LogP contribution < -0.4 is 0 Å². The molecular formula is C11H17NO4. The first-order valence-corrected chi connectivity index (χ1v) is 6.01. The van der Waals surface area contributed by atoms with Gasteiger partial charge < -0.3 is 14.6 Å². The van der Waals surface area contributed by atoms with Gasteiger partial charge in [0.15, 0.2) is 0 Å². The Kier molecular flexibility index (Phi) is 2.33. The highest BCUT2D eigenvalue weighted by atomic mass is 16.6. The zero-order valence-electron chi connectivity index (χ0n) is 9.33. The number of fused-ring (bicyclic) bond motifs is 2. The van der Waals surface area contributed by atoms with Crippen LogP contribution in [0.25, 0.3) is 0 Å². The highest BCUT2D eigenvalue weighted by Gasteiger charge is 2.56. The normalized spacial score (nSPS) is 44.9. The molecule has 3 fully saturated rings. The first-order chi connectivity index (χ1) is 7.72. The Balaban J connectivity index is 1.86. The van der Waals surface area contributed by atoms with Crippen LogP contribution in [0.15, 0.2) is 0 Å². The standard InChI is InChI=1S/C11H17NO4/c1-2-15-11(14)12-6-3-4-8-7(12)5-9(16-8)10(6)13/h6-10,13H,2-5H2,1H3/t6-,7+,8+,9-,10?/m0/s1. The number of piperidine rings is 2. The molecule has 5 nitrogen and oxygen atoms in total. The van der Waals surface area contributed by atoms with Crippen molar-refractivity contribution < 1.29 is 19.4 Å². The quantitative estimate of drug-likeness (QED) is 0.709. The van der Waals surface area contributed by atoms with Crippen LogP contribution in [0, 0.1) is 0 Å². The van der Waals surface area contributed by atoms with Crippen molar-refractivity contribution in [3.63, 3.8) is 0 Å². The Morgan fingerprint density at radius 3 is 3.00 bits per heavy atom. The van der Waals surface area contributed by atoms with Crippen molar-refractivity contribution >= 4 is 6.09 Å². The lowest BCUT2D eigenvalue weighted by atomic mass is 9.83. The van der Waals surface area contributed by atoms with Crippen LogP contribution in [0.5, 0.6) is 0 Å². The van der Waals surface area contributed by atoms with Crippen molar-refractivity contribution in [2.45, 2.75) is 56.6 Å². The van der Waals surface area contributed by atoms with E-state index in [1.807, 2.05) is 0 Å². The highest BCUT2D eigenvalue weighted by molar-refractivity contribution is 5.69. The molecule has 16 heavy (non-hydrogen) atoms. The third-order valence-electron chi connectivity index (χ3n) is 3.97. The summed E-state index contributed by atoms with van der Waals surface area (Å²) in [5.41, 5.74) is 0. The van der Waals surface area contributed by atoms with E-state index in [0.717, 1.165) is 19.3 Å². The Morgan fingerprint density at radius 2 is 2.25 bits per heavy atom. The number of ether oxygens (including phenoxy) is 2. The van der Waals surface area contributed by atoms with Gasteiger partial charge in [0.05, 0.1) is 30.9 Å². The third kappa shape index (κ3) is 1.28. The lowest BCUT2D eigenvalue weighted by Gasteiger charge is -2.45. The lowest BCUT2D eigenvalue weighted by Crippen LogP contribution is -2.61. The first kappa shape index (κ1) is 10.4. The molecule has 90 valence electrons. The fourth-order valence-electron chi connectivity index (χ4n) is 3.31. The number of aliphatic hydroxyl groups is 1. The molecule has 0 aromatic carbocycles. The molecule has 3 heterocycles. The van der Waals surface area contributed by atoms with E-state index in [4.69, 9.17) is 9.47 Å². The van der Waals surface area contributed by atoms with Crippen molar-refractivity contribution in [3.05, 3.63) is 0 Å². The molecule has 3 bridgehead atoms. The van der Waals surface area contributed by atoms with E-state index in [1.165, 1.54) is 0 Å². The summed E-state index contributed by atoms with van der Waals surface area (Å²) in [6, 6.07) is 0.00718. The number of hydrogen-bond acceptors (Lipinski definition) is 4. The van der Waals surface area contributed by atoms with Gasteiger partial charge in [-0.05, 0) is 26.2 Å². The predicted octanol–water partition coefficient (Wildman–Crippen LogP) is 0.508. The van der Waals surface area contributed by atoms with Crippen LogP contribution in [0.1, 0.15) is 26.2 Å². The molecule has 3 aliphatic rings. The molecule has 3 saturated heterocycles. The van der Waals surface area contributed by atoms with Gasteiger partial charge in [0, 0.05) is 0 Å². The van der Waals surface area contributed by atoms with Gasteiger partial charge in [0.2, 0.25) is 0 Å². The molecule has 0 radical (unpaired) electrons. The molecule has 0 aromatic rings. The summed E-state index contributed by atoms with van der Waals surface area (Å²) in [5.74, 6) is 0. The SMILES string of the molecule is CCOC(=O)N1[C@@H]2C[C@@H]3O[C@@H]2CC[C@H]1C3O. The minimum atomic E-state index is -0.548. The predicted molar refractivity (Wildman–Crippen MR) is 55.0 cm³/mol. The molecule has 5 atom stereocenters. The average molecular weight is 227 g/mol. The maximum atomic E-state index is 11.9. The smallest absolute Gasteiger partial charge is 0.410 e. The van der Waals surface area contributed by atoms with Crippen LogP contribution in [-0.4, -0.2) is 53.1 Å². The Bertz CT molecular complexity index is 308. The maximum absolute atomic E-state index is 11.9. The van der Waals surface area contributed by atoms with Crippen molar-refractivity contribution in [1.29, 1.82) is 0 Å². The summed E-state index contributed by atoms with van der Waals surface area (Å²) in [5, 5.41) is 10.1. The van der Waals surface area contributed by atoms with Gasteiger partial charge in [-0.2, -0.15) is 0 Å².